The van der Waals surface area contributed by atoms with E-state index in [4.69, 9.17) is 4.74 Å². The lowest BCUT2D eigenvalue weighted by Crippen LogP contribution is -2.48. The van der Waals surface area contributed by atoms with E-state index in [9.17, 15) is 9.59 Å². The Balaban J connectivity index is 1.52. The van der Waals surface area contributed by atoms with E-state index in [0.29, 0.717) is 31.2 Å². The maximum atomic E-state index is 14.1. The first kappa shape index (κ1) is 21.9. The van der Waals surface area contributed by atoms with Crippen LogP contribution in [0.15, 0.2) is 72.1 Å². The van der Waals surface area contributed by atoms with Crippen LogP contribution in [0.2, 0.25) is 0 Å². The molecule has 2 aliphatic heterocycles. The molecule has 1 aromatic heterocycles. The SMILES string of the molecule is COCCN1C(=O)c2ccccc2[C@H](C(=O)N2CC[C@@H](c3ccccc3)C2)[C@H]1c1cccs1. The summed E-state index contributed by atoms with van der Waals surface area (Å²) < 4.78 is 5.32. The van der Waals surface area contributed by atoms with Crippen LogP contribution < -0.4 is 0 Å². The minimum absolute atomic E-state index is 0.0336. The lowest BCUT2D eigenvalue weighted by atomic mass is 9.81. The Labute approximate surface area is 198 Å². The number of rotatable bonds is 6. The molecular weight excluding hydrogens is 432 g/mol. The second kappa shape index (κ2) is 9.49. The van der Waals surface area contributed by atoms with Crippen molar-refractivity contribution in [2.24, 2.45) is 0 Å². The molecule has 0 saturated carbocycles. The van der Waals surface area contributed by atoms with Crippen molar-refractivity contribution < 1.29 is 14.3 Å². The third kappa shape index (κ3) is 4.09. The topological polar surface area (TPSA) is 49.9 Å². The van der Waals surface area contributed by atoms with Crippen molar-refractivity contribution in [1.29, 1.82) is 0 Å². The van der Waals surface area contributed by atoms with Gasteiger partial charge in [0.05, 0.1) is 18.6 Å². The van der Waals surface area contributed by atoms with E-state index in [2.05, 4.69) is 24.3 Å². The molecule has 0 radical (unpaired) electrons. The standard InChI is InChI=1S/C27H28N2O3S/c1-32-16-15-29-25(23-12-7-17-33-23)24(21-10-5-6-11-22(21)26(29)30)27(31)28-14-13-20(18-28)19-8-3-2-4-9-19/h2-12,17,20,24-25H,13-16,18H2,1H3/t20-,24+,25-/m1/s1. The fraction of sp³-hybridized carbons (Fsp3) is 0.333. The second-order valence-electron chi connectivity index (χ2n) is 8.70. The zero-order valence-corrected chi connectivity index (χ0v) is 19.5. The summed E-state index contributed by atoms with van der Waals surface area (Å²) in [4.78, 5) is 32.5. The highest BCUT2D eigenvalue weighted by Crippen LogP contribution is 2.45. The predicted molar refractivity (Wildman–Crippen MR) is 130 cm³/mol. The van der Waals surface area contributed by atoms with E-state index in [1.54, 1.807) is 18.4 Å². The highest BCUT2D eigenvalue weighted by molar-refractivity contribution is 7.10. The summed E-state index contributed by atoms with van der Waals surface area (Å²) in [5, 5.41) is 2.01. The van der Waals surface area contributed by atoms with E-state index < -0.39 is 5.92 Å². The Kier molecular flexibility index (Phi) is 6.29. The van der Waals surface area contributed by atoms with Crippen molar-refractivity contribution in [2.75, 3.05) is 33.4 Å². The molecule has 0 spiro atoms. The summed E-state index contributed by atoms with van der Waals surface area (Å²) >= 11 is 1.60. The van der Waals surface area contributed by atoms with Crippen molar-refractivity contribution in [2.45, 2.75) is 24.3 Å². The first-order valence-corrected chi connectivity index (χ1v) is 12.3. The quantitative estimate of drug-likeness (QED) is 0.536. The van der Waals surface area contributed by atoms with Gasteiger partial charge in [0.25, 0.3) is 5.91 Å². The molecule has 2 amide bonds. The van der Waals surface area contributed by atoms with Gasteiger partial charge in [-0.25, -0.2) is 0 Å². The van der Waals surface area contributed by atoms with Crippen molar-refractivity contribution in [1.82, 2.24) is 9.80 Å². The number of methoxy groups -OCH3 is 1. The van der Waals surface area contributed by atoms with Crippen LogP contribution in [-0.2, 0) is 9.53 Å². The van der Waals surface area contributed by atoms with Crippen molar-refractivity contribution in [3.05, 3.63) is 93.7 Å². The number of hydrogen-bond donors (Lipinski definition) is 0. The fourth-order valence-corrected chi connectivity index (χ4v) is 6.10. The van der Waals surface area contributed by atoms with Crippen LogP contribution in [0.3, 0.4) is 0 Å². The molecule has 0 aliphatic carbocycles. The number of carbonyl (C=O) groups is 2. The molecule has 0 bridgehead atoms. The number of nitrogens with zero attached hydrogens (tertiary/aromatic N) is 2. The van der Waals surface area contributed by atoms with Crippen LogP contribution in [-0.4, -0.2) is 55.0 Å². The van der Waals surface area contributed by atoms with Gasteiger partial charge in [0, 0.05) is 43.1 Å². The molecule has 2 aliphatic rings. The Morgan fingerprint density at radius 3 is 2.61 bits per heavy atom. The number of benzene rings is 2. The lowest BCUT2D eigenvalue weighted by Gasteiger charge is -2.42. The molecule has 0 N–H and O–H groups in total. The van der Waals surface area contributed by atoms with Crippen LogP contribution in [0.4, 0.5) is 0 Å². The van der Waals surface area contributed by atoms with Gasteiger partial charge in [-0.1, -0.05) is 54.6 Å². The summed E-state index contributed by atoms with van der Waals surface area (Å²) in [7, 11) is 1.64. The van der Waals surface area contributed by atoms with Crippen molar-refractivity contribution in [3.8, 4) is 0 Å². The molecule has 6 heteroatoms. The van der Waals surface area contributed by atoms with Gasteiger partial charge < -0.3 is 14.5 Å². The van der Waals surface area contributed by atoms with Gasteiger partial charge in [-0.2, -0.15) is 0 Å². The number of ether oxygens (including phenoxy) is 1. The van der Waals surface area contributed by atoms with Crippen LogP contribution in [0.1, 0.15) is 50.7 Å². The summed E-state index contributed by atoms with van der Waals surface area (Å²) in [6, 6.07) is 21.7. The number of likely N-dealkylation sites (tertiary alicyclic amines) is 1. The van der Waals surface area contributed by atoms with Crippen molar-refractivity contribution in [3.63, 3.8) is 0 Å². The lowest BCUT2D eigenvalue weighted by molar-refractivity contribution is -0.133. The van der Waals surface area contributed by atoms with Gasteiger partial charge in [0.1, 0.15) is 0 Å². The van der Waals surface area contributed by atoms with Gasteiger partial charge in [-0.15, -0.1) is 11.3 Å². The Morgan fingerprint density at radius 1 is 1.06 bits per heavy atom. The number of amides is 2. The highest BCUT2D eigenvalue weighted by atomic mass is 32.1. The monoisotopic (exact) mass is 460 g/mol. The molecule has 3 heterocycles. The molecule has 1 fully saturated rings. The summed E-state index contributed by atoms with van der Waals surface area (Å²) in [5.74, 6) is -0.00721. The second-order valence-corrected chi connectivity index (χ2v) is 9.68. The number of carbonyl (C=O) groups excluding carboxylic acids is 2. The fourth-order valence-electron chi connectivity index (χ4n) is 5.22. The van der Waals surface area contributed by atoms with Gasteiger partial charge in [-0.3, -0.25) is 9.59 Å². The Bertz CT molecular complexity index is 1120. The first-order chi connectivity index (χ1) is 16.2. The molecule has 170 valence electrons. The average molecular weight is 461 g/mol. The number of thiophene rings is 1. The molecule has 2 aromatic carbocycles. The zero-order chi connectivity index (χ0) is 22.8. The third-order valence-electron chi connectivity index (χ3n) is 6.85. The molecule has 3 aromatic rings. The van der Waals surface area contributed by atoms with Gasteiger partial charge >= 0.3 is 0 Å². The summed E-state index contributed by atoms with van der Waals surface area (Å²) in [6.07, 6.45) is 0.958. The van der Waals surface area contributed by atoms with Crippen LogP contribution >= 0.6 is 11.3 Å². The minimum atomic E-state index is -0.427. The molecule has 5 rings (SSSR count). The Morgan fingerprint density at radius 2 is 1.85 bits per heavy atom. The molecular formula is C27H28N2O3S. The molecule has 1 saturated heterocycles. The predicted octanol–water partition coefficient (Wildman–Crippen LogP) is 4.69. The van der Waals surface area contributed by atoms with E-state index in [0.717, 1.165) is 23.4 Å². The van der Waals surface area contributed by atoms with E-state index in [1.165, 1.54) is 5.56 Å². The maximum absolute atomic E-state index is 14.1. The maximum Gasteiger partial charge on any atom is 0.254 e. The van der Waals surface area contributed by atoms with E-state index in [1.807, 2.05) is 57.6 Å². The zero-order valence-electron chi connectivity index (χ0n) is 18.7. The molecule has 5 nitrogen and oxygen atoms in total. The molecule has 0 unspecified atom stereocenters. The average Bonchev–Trinajstić information content (AvgIpc) is 3.56. The summed E-state index contributed by atoms with van der Waals surface area (Å²) in [6.45, 7) is 2.32. The van der Waals surface area contributed by atoms with Gasteiger partial charge in [0.15, 0.2) is 0 Å². The Hall–Kier alpha value is -2.96. The number of hydrogen-bond acceptors (Lipinski definition) is 4. The van der Waals surface area contributed by atoms with Gasteiger partial charge in [-0.05, 0) is 35.1 Å². The van der Waals surface area contributed by atoms with Crippen molar-refractivity contribution >= 4 is 23.2 Å². The minimum Gasteiger partial charge on any atom is -0.383 e. The largest absolute Gasteiger partial charge is 0.383 e. The molecule has 3 atom stereocenters. The normalized spacial score (nSPS) is 22.5. The number of fused-ring (bicyclic) bond motifs is 1. The van der Waals surface area contributed by atoms with E-state index >= 15 is 0 Å². The van der Waals surface area contributed by atoms with E-state index in [-0.39, 0.29) is 17.9 Å². The van der Waals surface area contributed by atoms with Gasteiger partial charge in [0.2, 0.25) is 5.91 Å². The van der Waals surface area contributed by atoms with Crippen LogP contribution in [0, 0.1) is 0 Å². The summed E-state index contributed by atoms with van der Waals surface area (Å²) in [5.41, 5.74) is 2.74. The van der Waals surface area contributed by atoms with Crippen LogP contribution in [0.5, 0.6) is 0 Å². The third-order valence-corrected chi connectivity index (χ3v) is 7.79. The highest BCUT2D eigenvalue weighted by Gasteiger charge is 2.46. The molecule has 33 heavy (non-hydrogen) atoms. The smallest absolute Gasteiger partial charge is 0.254 e. The van der Waals surface area contributed by atoms with Crippen LogP contribution in [0.25, 0.3) is 0 Å². The first-order valence-electron chi connectivity index (χ1n) is 11.4.